The number of anilines is 1. The predicted octanol–water partition coefficient (Wildman–Crippen LogP) is 2.83. The number of amides is 1. The van der Waals surface area contributed by atoms with Gasteiger partial charge in [-0.05, 0) is 12.1 Å². The first-order valence-corrected chi connectivity index (χ1v) is 11.4. The van der Waals surface area contributed by atoms with Crippen molar-refractivity contribution in [2.24, 2.45) is 0 Å². The van der Waals surface area contributed by atoms with Gasteiger partial charge in [0.2, 0.25) is 5.91 Å². The first-order valence-electron chi connectivity index (χ1n) is 10.4. The van der Waals surface area contributed by atoms with Crippen LogP contribution in [0.1, 0.15) is 26.0 Å². The first-order chi connectivity index (χ1) is 16.0. The molecule has 3 atom stereocenters. The summed E-state index contributed by atoms with van der Waals surface area (Å²) in [6.07, 6.45) is 0.0646. The van der Waals surface area contributed by atoms with Crippen LogP contribution in [0.4, 0.5) is 5.69 Å². The van der Waals surface area contributed by atoms with E-state index in [2.05, 4.69) is 21.4 Å². The number of fused-ring (bicyclic) bond motifs is 1. The Labute approximate surface area is 194 Å². The van der Waals surface area contributed by atoms with E-state index in [9.17, 15) is 15.0 Å². The van der Waals surface area contributed by atoms with Crippen LogP contribution in [0.3, 0.4) is 0 Å². The molecule has 1 aliphatic heterocycles. The number of hydrogen-bond donors (Lipinski definition) is 3. The summed E-state index contributed by atoms with van der Waals surface area (Å²) >= 11 is 1.35. The van der Waals surface area contributed by atoms with Crippen molar-refractivity contribution < 1.29 is 24.5 Å². The fourth-order valence-electron chi connectivity index (χ4n) is 3.59. The number of hydrogen-bond acceptors (Lipinski definition) is 9. The lowest BCUT2D eigenvalue weighted by Crippen LogP contribution is -2.24. The number of thioether (sulfide) groups is 1. The number of ether oxygens (including phenoxy) is 2. The number of aliphatic hydroxyl groups excluding tert-OH is 2. The summed E-state index contributed by atoms with van der Waals surface area (Å²) in [5.74, 6) is 0.772. The van der Waals surface area contributed by atoms with Crippen LogP contribution in [0.25, 0.3) is 11.0 Å². The van der Waals surface area contributed by atoms with Crippen LogP contribution in [0.15, 0.2) is 41.6 Å². The van der Waals surface area contributed by atoms with Crippen LogP contribution in [0.5, 0.6) is 11.8 Å². The third-order valence-electron chi connectivity index (χ3n) is 5.03. The van der Waals surface area contributed by atoms with Crippen LogP contribution in [0, 0.1) is 11.3 Å². The number of nitrogens with one attached hydrogen (secondary N) is 1. The molecule has 3 N–H and O–H groups in total. The molecule has 0 aliphatic carbocycles. The largest absolute Gasteiger partial charge is 0.424 e. The lowest BCUT2D eigenvalue weighted by atomic mass is 10.2. The van der Waals surface area contributed by atoms with Gasteiger partial charge in [-0.15, -0.1) is 11.8 Å². The molecular weight excluding hydrogens is 446 g/mol. The number of nitriles is 1. The Morgan fingerprint density at radius 1 is 1.39 bits per heavy atom. The van der Waals surface area contributed by atoms with E-state index in [1.165, 1.54) is 18.7 Å². The van der Waals surface area contributed by atoms with Crippen LogP contribution < -0.4 is 10.1 Å². The zero-order valence-corrected chi connectivity index (χ0v) is 18.7. The van der Waals surface area contributed by atoms with Gasteiger partial charge in [0.25, 0.3) is 0 Å². The molecule has 3 aromatic rings. The van der Waals surface area contributed by atoms with Crippen molar-refractivity contribution in [3.63, 3.8) is 0 Å². The molecule has 0 spiro atoms. The van der Waals surface area contributed by atoms with E-state index < -0.39 is 18.4 Å². The Kier molecular flexibility index (Phi) is 7.10. The average molecular weight is 470 g/mol. The van der Waals surface area contributed by atoms with E-state index in [4.69, 9.17) is 14.7 Å². The number of rotatable bonds is 8. The molecule has 1 amide bonds. The molecule has 0 radical (unpaired) electrons. The van der Waals surface area contributed by atoms with Crippen LogP contribution in [0.2, 0.25) is 0 Å². The third kappa shape index (κ3) is 5.09. The van der Waals surface area contributed by atoms with Gasteiger partial charge in [0.15, 0.2) is 5.65 Å². The highest BCUT2D eigenvalue weighted by molar-refractivity contribution is 7.99. The van der Waals surface area contributed by atoms with Gasteiger partial charge < -0.3 is 29.6 Å². The molecule has 2 aromatic heterocycles. The van der Waals surface area contributed by atoms with Gasteiger partial charge in [0.1, 0.15) is 23.1 Å². The van der Waals surface area contributed by atoms with Gasteiger partial charge in [-0.1, -0.05) is 18.2 Å². The zero-order chi connectivity index (χ0) is 23.4. The maximum Gasteiger partial charge on any atom is 0.325 e. The molecule has 33 heavy (non-hydrogen) atoms. The van der Waals surface area contributed by atoms with Crippen LogP contribution in [-0.4, -0.2) is 55.2 Å². The van der Waals surface area contributed by atoms with E-state index in [-0.39, 0.29) is 24.9 Å². The second-order valence-corrected chi connectivity index (χ2v) is 8.51. The van der Waals surface area contributed by atoms with E-state index >= 15 is 0 Å². The van der Waals surface area contributed by atoms with Crippen molar-refractivity contribution >= 4 is 34.4 Å². The summed E-state index contributed by atoms with van der Waals surface area (Å²) in [5, 5.41) is 32.6. The van der Waals surface area contributed by atoms with Gasteiger partial charge in [-0.2, -0.15) is 15.2 Å². The topological polar surface area (TPSA) is 143 Å². The molecule has 172 valence electrons. The zero-order valence-electron chi connectivity index (χ0n) is 17.8. The molecule has 4 rings (SSSR count). The van der Waals surface area contributed by atoms with Gasteiger partial charge in [-0.25, -0.2) is 0 Å². The highest BCUT2D eigenvalue weighted by Crippen LogP contribution is 2.39. The summed E-state index contributed by atoms with van der Waals surface area (Å²) in [6.45, 7) is 1.08. The van der Waals surface area contributed by atoms with Crippen molar-refractivity contribution in [1.29, 1.82) is 5.26 Å². The van der Waals surface area contributed by atoms with Crippen LogP contribution >= 0.6 is 11.8 Å². The van der Waals surface area contributed by atoms with Crippen molar-refractivity contribution in [1.82, 2.24) is 14.5 Å². The minimum atomic E-state index is -0.840. The Bertz CT molecular complexity index is 1180. The second-order valence-electron chi connectivity index (χ2n) is 7.43. The number of benzene rings is 1. The maximum atomic E-state index is 11.9. The number of nitrogens with zero attached hydrogens (tertiary/aromatic N) is 4. The molecule has 11 heteroatoms. The molecule has 1 aromatic carbocycles. The van der Waals surface area contributed by atoms with E-state index in [1.807, 2.05) is 18.2 Å². The summed E-state index contributed by atoms with van der Waals surface area (Å²) in [6, 6.07) is 11.3. The summed E-state index contributed by atoms with van der Waals surface area (Å²) in [4.78, 5) is 21.0. The maximum absolute atomic E-state index is 11.9. The number of carbonyl (C=O) groups is 1. The smallest absolute Gasteiger partial charge is 0.325 e. The van der Waals surface area contributed by atoms with E-state index in [1.54, 1.807) is 22.9 Å². The second kappa shape index (κ2) is 10.2. The molecule has 0 saturated carbocycles. The molecule has 1 aliphatic rings. The van der Waals surface area contributed by atoms with Crippen molar-refractivity contribution in [3.05, 3.63) is 36.5 Å². The van der Waals surface area contributed by atoms with E-state index in [0.717, 1.165) is 0 Å². The minimum Gasteiger partial charge on any atom is -0.424 e. The van der Waals surface area contributed by atoms with Gasteiger partial charge in [0, 0.05) is 31.7 Å². The van der Waals surface area contributed by atoms with Gasteiger partial charge in [-0.3, -0.25) is 4.79 Å². The molecule has 10 nitrogen and oxygen atoms in total. The summed E-state index contributed by atoms with van der Waals surface area (Å²) in [7, 11) is 0. The predicted molar refractivity (Wildman–Crippen MR) is 121 cm³/mol. The number of para-hydroxylation sites is 1. The molecular formula is C22H23N5O5S. The lowest BCUT2D eigenvalue weighted by molar-refractivity contribution is -0.114. The van der Waals surface area contributed by atoms with Gasteiger partial charge in [0.05, 0.1) is 29.9 Å². The molecule has 3 heterocycles. The molecule has 1 fully saturated rings. The normalized spacial score (nSPS) is 20.0. The summed E-state index contributed by atoms with van der Waals surface area (Å²) in [5.41, 5.74) is 0.920. The molecule has 1 saturated heterocycles. The first kappa shape index (κ1) is 23.0. The number of carbonyl (C=O) groups excluding carboxylic acids is 1. The van der Waals surface area contributed by atoms with E-state index in [0.29, 0.717) is 39.7 Å². The monoisotopic (exact) mass is 469 g/mol. The Morgan fingerprint density at radius 2 is 2.18 bits per heavy atom. The quantitative estimate of drug-likeness (QED) is 0.258. The average Bonchev–Trinajstić information content (AvgIpc) is 3.34. The number of aliphatic hydroxyl groups is 2. The number of aromatic nitrogens is 3. The Morgan fingerprint density at radius 3 is 2.85 bits per heavy atom. The molecule has 0 unspecified atom stereocenters. The standard InChI is InChI=1S/C22H23N5O5S/c1-13(29)24-15-11-27(18-10-16(30)17(12-28)32-18)20-19(15)21(33-9-5-8-23)26-22(25-20)31-14-6-3-2-4-7-14/h2-4,6-7,11,16-18,28,30H,5,9-10,12H2,1H3,(H,24,29)/t16-,17+,18+/m0/s1. The van der Waals surface area contributed by atoms with Crippen molar-refractivity contribution in [2.45, 2.75) is 43.2 Å². The highest BCUT2D eigenvalue weighted by atomic mass is 32.2. The third-order valence-corrected chi connectivity index (χ3v) is 6.01. The Hall–Kier alpha value is -3.17. The van der Waals surface area contributed by atoms with Crippen molar-refractivity contribution in [2.75, 3.05) is 17.7 Å². The van der Waals surface area contributed by atoms with Gasteiger partial charge >= 0.3 is 6.01 Å². The Balaban J connectivity index is 1.83. The molecule has 0 bridgehead atoms. The minimum absolute atomic E-state index is 0.0964. The fraction of sp³-hybridized carbons (Fsp3) is 0.364. The van der Waals surface area contributed by atoms with Crippen molar-refractivity contribution in [3.8, 4) is 17.8 Å². The lowest BCUT2D eigenvalue weighted by Gasteiger charge is -2.15. The highest BCUT2D eigenvalue weighted by Gasteiger charge is 2.36. The van der Waals surface area contributed by atoms with Crippen LogP contribution in [-0.2, 0) is 9.53 Å². The summed E-state index contributed by atoms with van der Waals surface area (Å²) < 4.78 is 13.4. The fourth-order valence-corrected chi connectivity index (χ4v) is 4.46. The SMILES string of the molecule is CC(=O)Nc1cn([C@H]2C[C@H](O)[C@@H](CO)O2)c2nc(Oc3ccccc3)nc(SCCC#N)c12.